The molecule has 0 aliphatic heterocycles. The Kier molecular flexibility index (Phi) is 5.16. The highest BCUT2D eigenvalue weighted by Gasteiger charge is 2.32. The van der Waals surface area contributed by atoms with Crippen LogP contribution in [0.5, 0.6) is 0 Å². The smallest absolute Gasteiger partial charge is 0.313 e. The topological polar surface area (TPSA) is 84.2 Å². The third kappa shape index (κ3) is 4.50. The average molecular weight is 325 g/mol. The molecule has 2 rings (SSSR count). The number of aliphatic carboxylic acids is 1. The maximum atomic E-state index is 12.2. The van der Waals surface area contributed by atoms with Gasteiger partial charge in [0.25, 0.3) is 5.91 Å². The summed E-state index contributed by atoms with van der Waals surface area (Å²) in [5, 5.41) is 15.8. The van der Waals surface area contributed by atoms with Gasteiger partial charge in [-0.2, -0.15) is 5.10 Å². The second-order valence-electron chi connectivity index (χ2n) is 6.51. The van der Waals surface area contributed by atoms with E-state index >= 15 is 0 Å². The van der Waals surface area contributed by atoms with Crippen molar-refractivity contribution in [1.82, 2.24) is 15.1 Å². The van der Waals surface area contributed by atoms with Gasteiger partial charge in [-0.1, -0.05) is 0 Å². The highest BCUT2D eigenvalue weighted by atomic mass is 32.2. The van der Waals surface area contributed by atoms with E-state index in [9.17, 15) is 9.59 Å². The van der Waals surface area contributed by atoms with Crippen molar-refractivity contribution in [2.24, 2.45) is 0 Å². The molecule has 2 N–H and O–H groups in total. The number of aromatic nitrogens is 2. The van der Waals surface area contributed by atoms with Gasteiger partial charge >= 0.3 is 5.97 Å². The van der Waals surface area contributed by atoms with E-state index in [0.717, 1.165) is 18.5 Å². The van der Waals surface area contributed by atoms with Gasteiger partial charge in [0.05, 0.1) is 11.3 Å². The van der Waals surface area contributed by atoms with Crippen molar-refractivity contribution in [3.63, 3.8) is 0 Å². The number of carbonyl (C=O) groups excluding carboxylic acids is 1. The number of nitrogens with one attached hydrogen (secondary N) is 1. The zero-order valence-corrected chi connectivity index (χ0v) is 14.1. The van der Waals surface area contributed by atoms with Crippen LogP contribution in [0.15, 0.2) is 6.07 Å². The van der Waals surface area contributed by atoms with E-state index in [-0.39, 0.29) is 17.2 Å². The van der Waals surface area contributed by atoms with Crippen molar-refractivity contribution < 1.29 is 14.7 Å². The van der Waals surface area contributed by atoms with Gasteiger partial charge in [0, 0.05) is 23.9 Å². The van der Waals surface area contributed by atoms with Crippen LogP contribution in [0, 0.1) is 0 Å². The van der Waals surface area contributed by atoms with Crippen LogP contribution < -0.4 is 5.32 Å². The molecule has 0 saturated heterocycles. The van der Waals surface area contributed by atoms with Crippen LogP contribution in [0.1, 0.15) is 55.7 Å². The van der Waals surface area contributed by atoms with Crippen LogP contribution in [0.2, 0.25) is 0 Å². The molecule has 7 heteroatoms. The molecule has 0 atom stereocenters. The summed E-state index contributed by atoms with van der Waals surface area (Å²) in [7, 11) is 0. The number of thioether (sulfide) groups is 1. The van der Waals surface area contributed by atoms with Crippen LogP contribution in [-0.4, -0.2) is 44.8 Å². The third-order valence-electron chi connectivity index (χ3n) is 3.36. The fraction of sp³-hybridized carbons (Fsp3) is 0.667. The minimum atomic E-state index is -0.839. The molecule has 122 valence electrons. The highest BCUT2D eigenvalue weighted by Crippen LogP contribution is 2.41. The molecule has 0 unspecified atom stereocenters. The fourth-order valence-electron chi connectivity index (χ4n) is 2.20. The van der Waals surface area contributed by atoms with Gasteiger partial charge < -0.3 is 10.4 Å². The largest absolute Gasteiger partial charge is 0.481 e. The maximum absolute atomic E-state index is 12.2. The lowest BCUT2D eigenvalue weighted by Gasteiger charge is -2.22. The van der Waals surface area contributed by atoms with Crippen LogP contribution in [0.4, 0.5) is 0 Å². The van der Waals surface area contributed by atoms with Crippen molar-refractivity contribution in [1.29, 1.82) is 0 Å². The summed E-state index contributed by atoms with van der Waals surface area (Å²) in [6.07, 6.45) is 2.32. The van der Waals surface area contributed by atoms with E-state index < -0.39 is 5.97 Å². The number of hydrogen-bond acceptors (Lipinski definition) is 4. The standard InChI is InChI=1S/C15H23N3O3S/c1-15(2,3)18-12(10-4-5-10)8-11(17-18)14(21)16-6-7-22-9-13(19)20/h8,10H,4-7,9H2,1-3H3,(H,16,21)(H,19,20). The monoisotopic (exact) mass is 325 g/mol. The molecule has 6 nitrogen and oxygen atoms in total. The first-order valence-electron chi connectivity index (χ1n) is 7.47. The zero-order valence-electron chi connectivity index (χ0n) is 13.3. The number of hydrogen-bond donors (Lipinski definition) is 2. The van der Waals surface area contributed by atoms with E-state index in [2.05, 4.69) is 31.2 Å². The first-order valence-corrected chi connectivity index (χ1v) is 8.62. The first-order chi connectivity index (χ1) is 10.3. The average Bonchev–Trinajstić information content (AvgIpc) is 3.14. The molecule has 22 heavy (non-hydrogen) atoms. The predicted octanol–water partition coefficient (Wildman–Crippen LogP) is 2.06. The van der Waals surface area contributed by atoms with Crippen LogP contribution >= 0.6 is 11.8 Å². The summed E-state index contributed by atoms with van der Waals surface area (Å²) in [4.78, 5) is 22.6. The lowest BCUT2D eigenvalue weighted by atomic mass is 10.1. The summed E-state index contributed by atoms with van der Waals surface area (Å²) in [5.74, 6) is 0.128. The minimum Gasteiger partial charge on any atom is -0.481 e. The van der Waals surface area contributed by atoms with Gasteiger partial charge in [0.2, 0.25) is 0 Å². The fourth-order valence-corrected chi connectivity index (χ4v) is 2.77. The summed E-state index contributed by atoms with van der Waals surface area (Å²) >= 11 is 1.29. The van der Waals surface area contributed by atoms with Gasteiger partial charge in [-0.15, -0.1) is 11.8 Å². The minimum absolute atomic E-state index is 0.0559. The Balaban J connectivity index is 1.94. The Morgan fingerprint density at radius 1 is 1.45 bits per heavy atom. The highest BCUT2D eigenvalue weighted by molar-refractivity contribution is 7.99. The van der Waals surface area contributed by atoms with Crippen molar-refractivity contribution in [3.05, 3.63) is 17.5 Å². The second-order valence-corrected chi connectivity index (χ2v) is 7.62. The van der Waals surface area contributed by atoms with Crippen LogP contribution in [0.25, 0.3) is 0 Å². The Morgan fingerprint density at radius 3 is 2.68 bits per heavy atom. The molecule has 1 aromatic rings. The Morgan fingerprint density at radius 2 is 2.14 bits per heavy atom. The Labute approximate surface area is 134 Å². The summed E-state index contributed by atoms with van der Waals surface area (Å²) < 4.78 is 1.96. The molecule has 1 aromatic heterocycles. The molecule has 1 amide bonds. The molecule has 1 heterocycles. The molecular formula is C15H23N3O3S. The molecule has 1 aliphatic carbocycles. The molecule has 0 aromatic carbocycles. The van der Waals surface area contributed by atoms with E-state index in [4.69, 9.17) is 5.11 Å². The zero-order chi connectivity index (χ0) is 16.3. The molecule has 0 bridgehead atoms. The number of carboxylic acids is 1. The number of rotatable bonds is 7. The van der Waals surface area contributed by atoms with Crippen LogP contribution in [-0.2, 0) is 10.3 Å². The SMILES string of the molecule is CC(C)(C)n1nc(C(=O)NCCSCC(=O)O)cc1C1CC1. The van der Waals surface area contributed by atoms with Gasteiger partial charge in [-0.3, -0.25) is 14.3 Å². The lowest BCUT2D eigenvalue weighted by Crippen LogP contribution is -2.28. The summed E-state index contributed by atoms with van der Waals surface area (Å²) in [6, 6.07) is 1.89. The third-order valence-corrected chi connectivity index (χ3v) is 4.30. The number of amides is 1. The quantitative estimate of drug-likeness (QED) is 0.750. The maximum Gasteiger partial charge on any atom is 0.313 e. The number of carboxylic acid groups (broad SMARTS) is 1. The van der Waals surface area contributed by atoms with Gasteiger partial charge in [0.1, 0.15) is 5.69 Å². The number of nitrogens with zero attached hydrogens (tertiary/aromatic N) is 2. The first kappa shape index (κ1) is 16.9. The summed E-state index contributed by atoms with van der Waals surface area (Å²) in [5.41, 5.74) is 1.44. The normalized spacial score (nSPS) is 14.9. The lowest BCUT2D eigenvalue weighted by molar-refractivity contribution is -0.133. The molecule has 1 aliphatic rings. The predicted molar refractivity (Wildman–Crippen MR) is 86.5 cm³/mol. The van der Waals surface area contributed by atoms with Crippen molar-refractivity contribution >= 4 is 23.6 Å². The van der Waals surface area contributed by atoms with Crippen molar-refractivity contribution in [2.75, 3.05) is 18.1 Å². The molecule has 0 spiro atoms. The van der Waals surface area contributed by atoms with Crippen LogP contribution in [0.3, 0.4) is 0 Å². The Hall–Kier alpha value is -1.50. The molecular weight excluding hydrogens is 302 g/mol. The summed E-state index contributed by atoms with van der Waals surface area (Å²) in [6.45, 7) is 6.68. The molecule has 1 fully saturated rings. The van der Waals surface area contributed by atoms with Gasteiger partial charge in [0.15, 0.2) is 0 Å². The van der Waals surface area contributed by atoms with E-state index in [1.54, 1.807) is 0 Å². The second kappa shape index (κ2) is 6.73. The molecule has 1 saturated carbocycles. The number of carbonyl (C=O) groups is 2. The van der Waals surface area contributed by atoms with E-state index in [1.807, 2.05) is 10.7 Å². The van der Waals surface area contributed by atoms with Crippen molar-refractivity contribution in [3.8, 4) is 0 Å². The molecule has 0 radical (unpaired) electrons. The van der Waals surface area contributed by atoms with E-state index in [1.165, 1.54) is 11.8 Å². The van der Waals surface area contributed by atoms with Gasteiger partial charge in [-0.05, 0) is 39.7 Å². The Bertz CT molecular complexity index is 559. The van der Waals surface area contributed by atoms with Gasteiger partial charge in [-0.25, -0.2) is 0 Å². The van der Waals surface area contributed by atoms with Crippen molar-refractivity contribution in [2.45, 2.75) is 45.1 Å². The van der Waals surface area contributed by atoms with E-state index in [0.29, 0.717) is 23.9 Å².